The maximum atomic E-state index is 13.6. The van der Waals surface area contributed by atoms with Gasteiger partial charge in [0.2, 0.25) is 5.91 Å². The average molecular weight is 545 g/mol. The van der Waals surface area contributed by atoms with Gasteiger partial charge in [-0.3, -0.25) is 9.59 Å². The lowest BCUT2D eigenvalue weighted by molar-refractivity contribution is -0.114. The van der Waals surface area contributed by atoms with Crippen LogP contribution in [0.25, 0.3) is 0 Å². The van der Waals surface area contributed by atoms with E-state index in [0.29, 0.717) is 33.3 Å². The molecule has 2 aromatic carbocycles. The van der Waals surface area contributed by atoms with Crippen molar-refractivity contribution in [2.45, 2.75) is 26.2 Å². The largest absolute Gasteiger partial charge is 0.495 e. The highest BCUT2D eigenvalue weighted by atomic mass is 32.2. The first-order chi connectivity index (χ1) is 18.4. The number of carbonyl (C=O) groups excluding carboxylic acids is 2. The van der Waals surface area contributed by atoms with E-state index < -0.39 is 5.92 Å². The van der Waals surface area contributed by atoms with Gasteiger partial charge in [-0.1, -0.05) is 49.0 Å². The minimum atomic E-state index is -0.567. The molecule has 3 N–H and O–H groups in total. The van der Waals surface area contributed by atoms with Gasteiger partial charge >= 0.3 is 0 Å². The van der Waals surface area contributed by atoms with E-state index in [1.807, 2.05) is 60.8 Å². The van der Waals surface area contributed by atoms with Crippen molar-refractivity contribution in [2.75, 3.05) is 23.5 Å². The van der Waals surface area contributed by atoms with Gasteiger partial charge in [-0.15, -0.1) is 11.3 Å². The number of para-hydroxylation sites is 2. The highest BCUT2D eigenvalue weighted by Crippen LogP contribution is 2.42. The van der Waals surface area contributed by atoms with Crippen molar-refractivity contribution in [3.8, 4) is 11.8 Å². The second-order valence-corrected chi connectivity index (χ2v) is 10.5. The summed E-state index contributed by atoms with van der Waals surface area (Å²) in [6, 6.07) is 21.0. The molecule has 0 radical (unpaired) electrons. The molecule has 0 saturated heterocycles. The molecule has 0 bridgehead atoms. The molecule has 0 spiro atoms. The monoisotopic (exact) mass is 544 g/mol. The van der Waals surface area contributed by atoms with Gasteiger partial charge in [-0.25, -0.2) is 0 Å². The zero-order valence-corrected chi connectivity index (χ0v) is 23.0. The molecule has 1 atom stereocenters. The summed E-state index contributed by atoms with van der Waals surface area (Å²) in [4.78, 5) is 27.1. The number of hydrogen-bond donors (Lipinski definition) is 3. The number of aryl methyl sites for hydroxylation is 1. The minimum Gasteiger partial charge on any atom is -0.495 e. The Bertz CT molecular complexity index is 1420. The number of allylic oxidation sites excluding steroid dienone is 2. The standard InChI is InChI=1S/C29H28N4O3S2/c1-4-19-11-13-20(14-12-19)32-25(34)17-38-29-21(16-30)27(24-10-7-15-37-24)26(18(2)31-29)28(35)33-22-8-5-6-9-23(22)36-3/h5-15,27,31H,4,17H2,1-3H3,(H,32,34)(H,33,35)/t27-/m1/s1. The molecule has 3 aromatic rings. The molecule has 1 aliphatic heterocycles. The zero-order valence-electron chi connectivity index (χ0n) is 21.3. The van der Waals surface area contributed by atoms with Crippen molar-refractivity contribution < 1.29 is 14.3 Å². The Labute approximate surface area is 230 Å². The SMILES string of the molecule is CCc1ccc(NC(=O)CSC2=C(C#N)[C@H](c3cccs3)C(C(=O)Nc3ccccc3OC)=C(C)N2)cc1. The van der Waals surface area contributed by atoms with Crippen molar-refractivity contribution in [1.29, 1.82) is 5.26 Å². The number of amides is 2. The van der Waals surface area contributed by atoms with Crippen molar-refractivity contribution >= 4 is 46.3 Å². The first-order valence-corrected chi connectivity index (χ1v) is 13.9. The molecule has 7 nitrogen and oxygen atoms in total. The molecular weight excluding hydrogens is 516 g/mol. The first kappa shape index (κ1) is 27.0. The van der Waals surface area contributed by atoms with E-state index in [0.717, 1.165) is 17.0 Å². The number of ether oxygens (including phenoxy) is 1. The summed E-state index contributed by atoms with van der Waals surface area (Å²) in [5.74, 6) is -0.430. The van der Waals surface area contributed by atoms with Gasteiger partial charge in [-0.05, 0) is 54.6 Å². The number of thioether (sulfide) groups is 1. The Morgan fingerprint density at radius 2 is 1.87 bits per heavy atom. The van der Waals surface area contributed by atoms with Crippen LogP contribution in [-0.2, 0) is 16.0 Å². The number of rotatable bonds is 9. The number of methoxy groups -OCH3 is 1. The van der Waals surface area contributed by atoms with Crippen LogP contribution in [0.2, 0.25) is 0 Å². The van der Waals surface area contributed by atoms with Crippen molar-refractivity contribution in [1.82, 2.24) is 5.32 Å². The number of benzene rings is 2. The van der Waals surface area contributed by atoms with Gasteiger partial charge in [0.1, 0.15) is 5.75 Å². The minimum absolute atomic E-state index is 0.107. The molecular formula is C29H28N4O3S2. The second kappa shape index (κ2) is 12.5. The zero-order chi connectivity index (χ0) is 27.1. The quantitative estimate of drug-likeness (QED) is 0.304. The van der Waals surface area contributed by atoms with E-state index in [4.69, 9.17) is 4.74 Å². The normalized spacial score (nSPS) is 14.9. The van der Waals surface area contributed by atoms with Crippen LogP contribution in [-0.4, -0.2) is 24.7 Å². The highest BCUT2D eigenvalue weighted by molar-refractivity contribution is 8.03. The molecule has 38 heavy (non-hydrogen) atoms. The van der Waals surface area contributed by atoms with Gasteiger partial charge in [0, 0.05) is 21.8 Å². The molecule has 1 aliphatic rings. The molecule has 0 aliphatic carbocycles. The lowest BCUT2D eigenvalue weighted by Crippen LogP contribution is -2.31. The Kier molecular flexibility index (Phi) is 8.89. The summed E-state index contributed by atoms with van der Waals surface area (Å²) in [6.45, 7) is 3.89. The van der Waals surface area contributed by atoms with Gasteiger partial charge in [0.05, 0.1) is 41.1 Å². The first-order valence-electron chi connectivity index (χ1n) is 12.1. The third kappa shape index (κ3) is 6.10. The van der Waals surface area contributed by atoms with Crippen molar-refractivity contribution in [2.24, 2.45) is 0 Å². The fraction of sp³-hybridized carbons (Fsp3) is 0.207. The second-order valence-electron chi connectivity index (χ2n) is 8.51. The molecule has 194 valence electrons. The van der Waals surface area contributed by atoms with E-state index in [9.17, 15) is 14.9 Å². The lowest BCUT2D eigenvalue weighted by atomic mass is 9.86. The van der Waals surface area contributed by atoms with Crippen LogP contribution in [0.3, 0.4) is 0 Å². The Morgan fingerprint density at radius 1 is 1.11 bits per heavy atom. The van der Waals surface area contributed by atoms with E-state index in [1.54, 1.807) is 19.2 Å². The number of thiophene rings is 1. The summed E-state index contributed by atoms with van der Waals surface area (Å²) >= 11 is 2.72. The van der Waals surface area contributed by atoms with Crippen LogP contribution in [0.1, 0.15) is 30.2 Å². The van der Waals surface area contributed by atoms with Crippen LogP contribution in [0, 0.1) is 11.3 Å². The number of hydrogen-bond acceptors (Lipinski definition) is 7. The van der Waals surface area contributed by atoms with Crippen LogP contribution in [0.4, 0.5) is 11.4 Å². The molecule has 9 heteroatoms. The fourth-order valence-corrected chi connectivity index (χ4v) is 5.90. The number of nitrogens with zero attached hydrogens (tertiary/aromatic N) is 1. The summed E-state index contributed by atoms with van der Waals surface area (Å²) in [5, 5.41) is 21.8. The fourth-order valence-electron chi connectivity index (χ4n) is 4.16. The lowest BCUT2D eigenvalue weighted by Gasteiger charge is -2.29. The van der Waals surface area contributed by atoms with Crippen LogP contribution < -0.4 is 20.7 Å². The van der Waals surface area contributed by atoms with Crippen LogP contribution >= 0.6 is 23.1 Å². The molecule has 4 rings (SSSR count). The smallest absolute Gasteiger partial charge is 0.254 e. The van der Waals surface area contributed by atoms with Gasteiger partial charge in [0.25, 0.3) is 5.91 Å². The predicted molar refractivity (Wildman–Crippen MR) is 154 cm³/mol. The molecule has 2 heterocycles. The topological polar surface area (TPSA) is 103 Å². The molecule has 0 saturated carbocycles. The number of nitriles is 1. The Hall–Kier alpha value is -4.00. The van der Waals surface area contributed by atoms with E-state index in [-0.39, 0.29) is 17.6 Å². The number of anilines is 2. The Balaban J connectivity index is 1.57. The van der Waals surface area contributed by atoms with Gasteiger partial charge in [0.15, 0.2) is 0 Å². The third-order valence-corrected chi connectivity index (χ3v) is 8.02. The molecule has 1 aromatic heterocycles. The maximum Gasteiger partial charge on any atom is 0.254 e. The van der Waals surface area contributed by atoms with E-state index in [2.05, 4.69) is 28.9 Å². The average Bonchev–Trinajstić information content (AvgIpc) is 3.47. The number of nitrogens with one attached hydrogen (secondary N) is 3. The third-order valence-electron chi connectivity index (χ3n) is 6.07. The molecule has 0 fully saturated rings. The number of carbonyl (C=O) groups is 2. The highest BCUT2D eigenvalue weighted by Gasteiger charge is 2.35. The molecule has 2 amide bonds. The van der Waals surface area contributed by atoms with Gasteiger partial charge in [-0.2, -0.15) is 5.26 Å². The number of dihydropyridines is 1. The van der Waals surface area contributed by atoms with Crippen LogP contribution in [0.15, 0.2) is 87.9 Å². The summed E-state index contributed by atoms with van der Waals surface area (Å²) in [7, 11) is 1.54. The van der Waals surface area contributed by atoms with Crippen molar-refractivity contribution in [3.05, 3.63) is 98.4 Å². The maximum absolute atomic E-state index is 13.6. The van der Waals surface area contributed by atoms with E-state index in [1.165, 1.54) is 28.7 Å². The van der Waals surface area contributed by atoms with E-state index >= 15 is 0 Å². The Morgan fingerprint density at radius 3 is 2.53 bits per heavy atom. The summed E-state index contributed by atoms with van der Waals surface area (Å²) in [5.41, 5.74) is 3.92. The van der Waals surface area contributed by atoms with Gasteiger partial charge < -0.3 is 20.7 Å². The summed E-state index contributed by atoms with van der Waals surface area (Å²) in [6.07, 6.45) is 0.929. The van der Waals surface area contributed by atoms with Crippen molar-refractivity contribution in [3.63, 3.8) is 0 Å². The molecule has 0 unspecified atom stereocenters. The summed E-state index contributed by atoms with van der Waals surface area (Å²) < 4.78 is 5.38. The van der Waals surface area contributed by atoms with Crippen LogP contribution in [0.5, 0.6) is 5.75 Å². The predicted octanol–water partition coefficient (Wildman–Crippen LogP) is 6.03.